The molecule has 1 saturated heterocycles. The standard InChI is InChI=1S/C20H22ClNO4/c21-20(23)25-13-11-22-10-12-24-19(14-22)17-6-8-18(9-7-17)26-15-16-4-2-1-3-5-16/h1-9,19H,10-15H2. The largest absolute Gasteiger partial charge is 0.489 e. The molecule has 0 aromatic heterocycles. The Balaban J connectivity index is 1.50. The van der Waals surface area contributed by atoms with E-state index in [1.165, 1.54) is 0 Å². The van der Waals surface area contributed by atoms with Crippen LogP contribution >= 0.6 is 11.6 Å². The fourth-order valence-corrected chi connectivity index (χ4v) is 2.96. The molecule has 2 aromatic carbocycles. The summed E-state index contributed by atoms with van der Waals surface area (Å²) >= 11 is 5.18. The number of halogens is 1. The third-order valence-corrected chi connectivity index (χ3v) is 4.38. The van der Waals surface area contributed by atoms with Gasteiger partial charge in [-0.25, -0.2) is 4.79 Å². The summed E-state index contributed by atoms with van der Waals surface area (Å²) in [7, 11) is 0. The maximum absolute atomic E-state index is 10.6. The van der Waals surface area contributed by atoms with E-state index in [0.29, 0.717) is 26.4 Å². The van der Waals surface area contributed by atoms with Crippen LogP contribution in [0.15, 0.2) is 54.6 Å². The number of nitrogens with zero attached hydrogens (tertiary/aromatic N) is 1. The molecular formula is C20H22ClNO4. The second-order valence-corrected chi connectivity index (χ2v) is 6.40. The van der Waals surface area contributed by atoms with Crippen molar-refractivity contribution in [2.24, 2.45) is 0 Å². The minimum absolute atomic E-state index is 0.00127. The summed E-state index contributed by atoms with van der Waals surface area (Å²) < 4.78 is 16.5. The van der Waals surface area contributed by atoms with Crippen LogP contribution in [0.3, 0.4) is 0 Å². The molecule has 0 N–H and O–H groups in total. The van der Waals surface area contributed by atoms with Crippen molar-refractivity contribution in [3.63, 3.8) is 0 Å². The molecule has 1 atom stereocenters. The van der Waals surface area contributed by atoms with Gasteiger partial charge < -0.3 is 14.2 Å². The third-order valence-electron chi connectivity index (χ3n) is 4.27. The van der Waals surface area contributed by atoms with Crippen LogP contribution in [0.2, 0.25) is 0 Å². The first-order chi connectivity index (χ1) is 12.7. The van der Waals surface area contributed by atoms with Gasteiger partial charge in [0.1, 0.15) is 19.0 Å². The zero-order valence-corrected chi connectivity index (χ0v) is 15.2. The monoisotopic (exact) mass is 375 g/mol. The maximum Gasteiger partial charge on any atom is 0.403 e. The van der Waals surface area contributed by atoms with Gasteiger partial charge in [-0.2, -0.15) is 0 Å². The molecule has 3 rings (SSSR count). The summed E-state index contributed by atoms with van der Waals surface area (Å²) in [5, 5.41) is 0. The van der Waals surface area contributed by atoms with Crippen molar-refractivity contribution in [2.75, 3.05) is 32.8 Å². The molecule has 0 aliphatic carbocycles. The highest BCUT2D eigenvalue weighted by atomic mass is 35.5. The molecule has 0 amide bonds. The number of carbonyl (C=O) groups is 1. The zero-order valence-electron chi connectivity index (χ0n) is 14.5. The van der Waals surface area contributed by atoms with Crippen molar-refractivity contribution in [1.29, 1.82) is 0 Å². The van der Waals surface area contributed by atoms with Gasteiger partial charge in [0.25, 0.3) is 0 Å². The smallest absolute Gasteiger partial charge is 0.403 e. The van der Waals surface area contributed by atoms with E-state index in [0.717, 1.165) is 30.0 Å². The molecular weight excluding hydrogens is 354 g/mol. The number of morpholine rings is 1. The molecule has 1 fully saturated rings. The van der Waals surface area contributed by atoms with E-state index in [4.69, 9.17) is 25.8 Å². The minimum Gasteiger partial charge on any atom is -0.489 e. The van der Waals surface area contributed by atoms with E-state index in [1.807, 2.05) is 54.6 Å². The second kappa shape index (κ2) is 9.57. The molecule has 2 aromatic rings. The molecule has 0 radical (unpaired) electrons. The predicted octanol–water partition coefficient (Wildman–Crippen LogP) is 4.01. The van der Waals surface area contributed by atoms with Gasteiger partial charge in [-0.15, -0.1) is 0 Å². The maximum atomic E-state index is 10.6. The van der Waals surface area contributed by atoms with Gasteiger partial charge in [-0.1, -0.05) is 42.5 Å². The van der Waals surface area contributed by atoms with Crippen molar-refractivity contribution in [1.82, 2.24) is 4.90 Å². The van der Waals surface area contributed by atoms with E-state index < -0.39 is 5.43 Å². The predicted molar refractivity (Wildman–Crippen MR) is 99.6 cm³/mol. The summed E-state index contributed by atoms with van der Waals surface area (Å²) in [4.78, 5) is 12.8. The molecule has 0 bridgehead atoms. The van der Waals surface area contributed by atoms with Crippen molar-refractivity contribution in [2.45, 2.75) is 12.7 Å². The Morgan fingerprint density at radius 3 is 2.65 bits per heavy atom. The highest BCUT2D eigenvalue weighted by Gasteiger charge is 2.22. The lowest BCUT2D eigenvalue weighted by Gasteiger charge is -2.32. The summed E-state index contributed by atoms with van der Waals surface area (Å²) in [5.74, 6) is 0.833. The second-order valence-electron chi connectivity index (χ2n) is 6.09. The van der Waals surface area contributed by atoms with Crippen molar-refractivity contribution >= 4 is 17.0 Å². The highest BCUT2D eigenvalue weighted by Crippen LogP contribution is 2.24. The van der Waals surface area contributed by atoms with E-state index in [2.05, 4.69) is 4.90 Å². The van der Waals surface area contributed by atoms with Gasteiger partial charge >= 0.3 is 5.43 Å². The quantitative estimate of drug-likeness (QED) is 0.684. The topological polar surface area (TPSA) is 48.0 Å². The Morgan fingerprint density at radius 2 is 1.92 bits per heavy atom. The minimum atomic E-state index is -0.763. The van der Waals surface area contributed by atoms with E-state index in [-0.39, 0.29) is 6.10 Å². The highest BCUT2D eigenvalue weighted by molar-refractivity contribution is 6.61. The summed E-state index contributed by atoms with van der Waals surface area (Å²) in [5.41, 5.74) is 1.48. The Hall–Kier alpha value is -2.08. The molecule has 138 valence electrons. The summed E-state index contributed by atoms with van der Waals surface area (Å²) in [6, 6.07) is 18.1. The Bertz CT molecular complexity index is 693. The average molecular weight is 376 g/mol. The average Bonchev–Trinajstić information content (AvgIpc) is 2.68. The molecule has 6 heteroatoms. The van der Waals surface area contributed by atoms with Crippen LogP contribution in [0, 0.1) is 0 Å². The Labute approximate surface area is 158 Å². The Morgan fingerprint density at radius 1 is 1.15 bits per heavy atom. The van der Waals surface area contributed by atoms with Crippen molar-refractivity contribution in [3.8, 4) is 5.75 Å². The molecule has 0 spiro atoms. The zero-order chi connectivity index (χ0) is 18.2. The van der Waals surface area contributed by atoms with Crippen LogP contribution in [0.5, 0.6) is 5.75 Å². The summed E-state index contributed by atoms with van der Waals surface area (Å²) in [6.07, 6.45) is -0.00127. The fourth-order valence-electron chi connectivity index (χ4n) is 2.88. The molecule has 0 saturated carbocycles. The first kappa shape index (κ1) is 18.7. The lowest BCUT2D eigenvalue weighted by molar-refractivity contribution is -0.0339. The van der Waals surface area contributed by atoms with Crippen molar-refractivity contribution < 1.29 is 19.0 Å². The number of ether oxygens (including phenoxy) is 3. The number of rotatable bonds is 7. The first-order valence-corrected chi connectivity index (χ1v) is 9.01. The molecule has 1 unspecified atom stereocenters. The lowest BCUT2D eigenvalue weighted by Crippen LogP contribution is -2.40. The van der Waals surface area contributed by atoms with Crippen LogP contribution in [0.1, 0.15) is 17.2 Å². The van der Waals surface area contributed by atoms with Gasteiger partial charge in [-0.05, 0) is 23.3 Å². The van der Waals surface area contributed by atoms with Crippen LogP contribution < -0.4 is 4.74 Å². The molecule has 1 aliphatic rings. The number of hydrogen-bond donors (Lipinski definition) is 0. The Kier molecular flexibility index (Phi) is 6.89. The van der Waals surface area contributed by atoms with Crippen LogP contribution in [-0.2, 0) is 16.1 Å². The lowest BCUT2D eigenvalue weighted by atomic mass is 10.1. The number of benzene rings is 2. The fraction of sp³-hybridized carbons (Fsp3) is 0.350. The van der Waals surface area contributed by atoms with E-state index in [1.54, 1.807) is 0 Å². The third kappa shape index (κ3) is 5.73. The number of carbonyl (C=O) groups excluding carboxylic acids is 1. The van der Waals surface area contributed by atoms with E-state index >= 15 is 0 Å². The van der Waals surface area contributed by atoms with Gasteiger partial charge in [0.05, 0.1) is 12.7 Å². The van der Waals surface area contributed by atoms with Crippen LogP contribution in [-0.4, -0.2) is 43.2 Å². The van der Waals surface area contributed by atoms with Gasteiger partial charge in [0.2, 0.25) is 0 Å². The SMILES string of the molecule is O=C(Cl)OCCN1CCOC(c2ccc(OCc3ccccc3)cc2)C1. The van der Waals surface area contributed by atoms with Crippen LogP contribution in [0.4, 0.5) is 4.79 Å². The molecule has 1 aliphatic heterocycles. The van der Waals surface area contributed by atoms with E-state index in [9.17, 15) is 4.79 Å². The molecule has 1 heterocycles. The van der Waals surface area contributed by atoms with Gasteiger partial charge in [0, 0.05) is 31.2 Å². The first-order valence-electron chi connectivity index (χ1n) is 8.63. The van der Waals surface area contributed by atoms with Crippen molar-refractivity contribution in [3.05, 3.63) is 65.7 Å². The van der Waals surface area contributed by atoms with Gasteiger partial charge in [0.15, 0.2) is 0 Å². The summed E-state index contributed by atoms with van der Waals surface area (Å²) in [6.45, 7) is 3.70. The van der Waals surface area contributed by atoms with Crippen LogP contribution in [0.25, 0.3) is 0 Å². The molecule has 26 heavy (non-hydrogen) atoms. The van der Waals surface area contributed by atoms with Gasteiger partial charge in [-0.3, -0.25) is 4.90 Å². The normalized spacial score (nSPS) is 17.7. The number of hydrogen-bond acceptors (Lipinski definition) is 5. The molecule has 5 nitrogen and oxygen atoms in total.